The number of nitrogens with one attached hydrogen (secondary N) is 1. The van der Waals surface area contributed by atoms with E-state index in [1.165, 1.54) is 12.8 Å². The van der Waals surface area contributed by atoms with Crippen LogP contribution in [0.2, 0.25) is 0 Å². The normalized spacial score (nSPS) is 19.8. The average molecular weight is 246 g/mol. The summed E-state index contributed by atoms with van der Waals surface area (Å²) in [6.07, 6.45) is 5.41. The number of alkyl halides is 1. The van der Waals surface area contributed by atoms with Crippen LogP contribution < -0.4 is 5.32 Å². The van der Waals surface area contributed by atoms with Crippen molar-refractivity contribution >= 4 is 17.5 Å². The fourth-order valence-corrected chi connectivity index (χ4v) is 2.67. The number of halogens is 1. The van der Waals surface area contributed by atoms with Gasteiger partial charge < -0.3 is 5.32 Å². The van der Waals surface area contributed by atoms with Crippen LogP contribution in [0.5, 0.6) is 0 Å². The van der Waals surface area contributed by atoms with Gasteiger partial charge in [-0.2, -0.15) is 0 Å². The number of carbonyl (C=O) groups excluding carboxylic acids is 1. The molecule has 1 rings (SSSR count). The third-order valence-corrected chi connectivity index (χ3v) is 3.87. The van der Waals surface area contributed by atoms with Gasteiger partial charge in [0.25, 0.3) is 0 Å². The molecular formula is C13H24ClNO. The molecule has 1 aliphatic carbocycles. The average Bonchev–Trinajstić information content (AvgIpc) is 2.61. The van der Waals surface area contributed by atoms with Crippen molar-refractivity contribution in [1.82, 2.24) is 5.32 Å². The zero-order valence-electron chi connectivity index (χ0n) is 10.7. The van der Waals surface area contributed by atoms with Crippen molar-refractivity contribution in [2.45, 2.75) is 52.9 Å². The lowest BCUT2D eigenvalue weighted by Gasteiger charge is -2.27. The van der Waals surface area contributed by atoms with Gasteiger partial charge in [0.05, 0.1) is 0 Å². The molecule has 0 saturated heterocycles. The fraction of sp³-hybridized carbons (Fsp3) is 0.923. The van der Waals surface area contributed by atoms with Crippen molar-refractivity contribution in [3.8, 4) is 0 Å². The lowest BCUT2D eigenvalue weighted by atomic mass is 9.87. The maximum absolute atomic E-state index is 11.7. The Morgan fingerprint density at radius 2 is 1.88 bits per heavy atom. The summed E-state index contributed by atoms with van der Waals surface area (Å²) in [6, 6.07) is 0. The Bertz CT molecular complexity index is 239. The van der Waals surface area contributed by atoms with Crippen LogP contribution in [0.15, 0.2) is 0 Å². The number of carbonyl (C=O) groups is 1. The monoisotopic (exact) mass is 245 g/mol. The minimum absolute atomic E-state index is 0.0634. The highest BCUT2D eigenvalue weighted by Gasteiger charge is 2.33. The molecule has 0 aromatic carbocycles. The van der Waals surface area contributed by atoms with Crippen molar-refractivity contribution in [3.05, 3.63) is 0 Å². The largest absolute Gasteiger partial charge is 0.355 e. The summed E-state index contributed by atoms with van der Waals surface area (Å²) in [4.78, 5) is 11.7. The standard InChI is InChI=1S/C13H24ClNO/c1-12(2,3)8-11(16)15-10-13(9-14)6-4-5-7-13/h4-10H2,1-3H3,(H,15,16). The fourth-order valence-electron chi connectivity index (χ4n) is 2.31. The topological polar surface area (TPSA) is 29.1 Å². The van der Waals surface area contributed by atoms with Crippen LogP contribution in [0.4, 0.5) is 0 Å². The first-order chi connectivity index (χ1) is 7.37. The van der Waals surface area contributed by atoms with Gasteiger partial charge in [0.15, 0.2) is 0 Å². The van der Waals surface area contributed by atoms with Gasteiger partial charge in [-0.15, -0.1) is 11.6 Å². The molecular weight excluding hydrogens is 222 g/mol. The van der Waals surface area contributed by atoms with Gasteiger partial charge in [-0.25, -0.2) is 0 Å². The zero-order valence-corrected chi connectivity index (χ0v) is 11.5. The van der Waals surface area contributed by atoms with E-state index in [1.54, 1.807) is 0 Å². The molecule has 1 amide bonds. The molecule has 0 atom stereocenters. The molecule has 0 aromatic heterocycles. The SMILES string of the molecule is CC(C)(C)CC(=O)NCC1(CCl)CCCC1. The Morgan fingerprint density at radius 3 is 2.31 bits per heavy atom. The highest BCUT2D eigenvalue weighted by Crippen LogP contribution is 2.38. The molecule has 3 heteroatoms. The minimum atomic E-state index is 0.0634. The maximum atomic E-state index is 11.7. The van der Waals surface area contributed by atoms with E-state index in [4.69, 9.17) is 11.6 Å². The summed E-state index contributed by atoms with van der Waals surface area (Å²) in [6.45, 7) is 7.00. The van der Waals surface area contributed by atoms with Crippen LogP contribution in [0.3, 0.4) is 0 Å². The van der Waals surface area contributed by atoms with Crippen LogP contribution in [-0.2, 0) is 4.79 Å². The van der Waals surface area contributed by atoms with E-state index in [9.17, 15) is 4.79 Å². The van der Waals surface area contributed by atoms with Crippen LogP contribution in [0, 0.1) is 10.8 Å². The maximum Gasteiger partial charge on any atom is 0.220 e. The van der Waals surface area contributed by atoms with Crippen LogP contribution in [0.25, 0.3) is 0 Å². The highest BCUT2D eigenvalue weighted by atomic mass is 35.5. The van der Waals surface area contributed by atoms with Gasteiger partial charge in [-0.05, 0) is 18.3 Å². The van der Waals surface area contributed by atoms with Crippen molar-refractivity contribution < 1.29 is 4.79 Å². The smallest absolute Gasteiger partial charge is 0.220 e. The molecule has 1 fully saturated rings. The Kier molecular flexibility index (Phi) is 4.66. The summed E-state index contributed by atoms with van der Waals surface area (Å²) >= 11 is 6.03. The predicted octanol–water partition coefficient (Wildman–Crippen LogP) is 3.34. The molecule has 0 unspecified atom stereocenters. The van der Waals surface area contributed by atoms with Gasteiger partial charge in [0, 0.05) is 24.3 Å². The molecule has 16 heavy (non-hydrogen) atoms. The Labute approximate surface area is 104 Å². The number of amides is 1. The molecule has 0 bridgehead atoms. The van der Waals surface area contributed by atoms with Crippen molar-refractivity contribution in [2.24, 2.45) is 10.8 Å². The van der Waals surface area contributed by atoms with Gasteiger partial charge in [0.2, 0.25) is 5.91 Å². The van der Waals surface area contributed by atoms with Crippen molar-refractivity contribution in [1.29, 1.82) is 0 Å². The molecule has 0 aromatic rings. The second-order valence-corrected chi connectivity index (χ2v) is 6.62. The minimum Gasteiger partial charge on any atom is -0.355 e. The summed E-state index contributed by atoms with van der Waals surface area (Å²) in [5.41, 5.74) is 0.239. The quantitative estimate of drug-likeness (QED) is 0.757. The molecule has 2 nitrogen and oxygen atoms in total. The van der Waals surface area contributed by atoms with E-state index in [2.05, 4.69) is 26.1 Å². The third kappa shape index (κ3) is 4.32. The Balaban J connectivity index is 2.35. The van der Waals surface area contributed by atoms with Gasteiger partial charge in [-0.3, -0.25) is 4.79 Å². The summed E-state index contributed by atoms with van der Waals surface area (Å²) < 4.78 is 0. The summed E-state index contributed by atoms with van der Waals surface area (Å²) in [7, 11) is 0. The molecule has 0 spiro atoms. The van der Waals surface area contributed by atoms with Gasteiger partial charge in [0.1, 0.15) is 0 Å². The molecule has 1 N–H and O–H groups in total. The predicted molar refractivity (Wildman–Crippen MR) is 68.7 cm³/mol. The number of hydrogen-bond donors (Lipinski definition) is 1. The number of rotatable bonds is 4. The second kappa shape index (κ2) is 5.39. The summed E-state index contributed by atoms with van der Waals surface area (Å²) in [5, 5.41) is 3.05. The van der Waals surface area contributed by atoms with E-state index >= 15 is 0 Å². The van der Waals surface area contributed by atoms with Gasteiger partial charge in [-0.1, -0.05) is 33.6 Å². The zero-order chi connectivity index (χ0) is 12.2. The molecule has 0 aliphatic heterocycles. The van der Waals surface area contributed by atoms with Crippen LogP contribution in [0.1, 0.15) is 52.9 Å². The molecule has 1 saturated carbocycles. The van der Waals surface area contributed by atoms with Crippen molar-refractivity contribution in [3.63, 3.8) is 0 Å². The van der Waals surface area contributed by atoms with Crippen LogP contribution in [-0.4, -0.2) is 18.3 Å². The lowest BCUT2D eigenvalue weighted by molar-refractivity contribution is -0.123. The van der Waals surface area contributed by atoms with Crippen LogP contribution >= 0.6 is 11.6 Å². The molecule has 1 aliphatic rings. The summed E-state index contributed by atoms with van der Waals surface area (Å²) in [5.74, 6) is 0.826. The second-order valence-electron chi connectivity index (χ2n) is 6.35. The Hall–Kier alpha value is -0.240. The van der Waals surface area contributed by atoms with E-state index in [1.807, 2.05) is 0 Å². The van der Waals surface area contributed by atoms with E-state index < -0.39 is 0 Å². The van der Waals surface area contributed by atoms with E-state index in [-0.39, 0.29) is 16.7 Å². The lowest BCUT2D eigenvalue weighted by Crippen LogP contribution is -2.38. The first-order valence-electron chi connectivity index (χ1n) is 6.20. The van der Waals surface area contributed by atoms with E-state index in [0.717, 1.165) is 19.4 Å². The molecule has 0 heterocycles. The first kappa shape index (κ1) is 13.8. The number of hydrogen-bond acceptors (Lipinski definition) is 1. The highest BCUT2D eigenvalue weighted by molar-refractivity contribution is 6.18. The molecule has 94 valence electrons. The first-order valence-corrected chi connectivity index (χ1v) is 6.73. The van der Waals surface area contributed by atoms with E-state index in [0.29, 0.717) is 12.3 Å². The van der Waals surface area contributed by atoms with Crippen molar-refractivity contribution in [2.75, 3.05) is 12.4 Å². The Morgan fingerprint density at radius 1 is 1.31 bits per heavy atom. The molecule has 0 radical (unpaired) electrons. The third-order valence-electron chi connectivity index (χ3n) is 3.30. The van der Waals surface area contributed by atoms with Gasteiger partial charge >= 0.3 is 0 Å².